The maximum atomic E-state index is 6.28. The fourth-order valence-electron chi connectivity index (χ4n) is 3.74. The Hall–Kier alpha value is -1.63. The average Bonchev–Trinajstić information content (AvgIpc) is 3.25. The van der Waals surface area contributed by atoms with Gasteiger partial charge in [-0.3, -0.25) is 9.58 Å². The van der Waals surface area contributed by atoms with Gasteiger partial charge in [0.05, 0.1) is 18.4 Å². The Morgan fingerprint density at radius 1 is 1.38 bits per heavy atom. The van der Waals surface area contributed by atoms with Crippen LogP contribution in [0.15, 0.2) is 18.3 Å². The second-order valence-corrected chi connectivity index (χ2v) is 6.98. The lowest BCUT2D eigenvalue weighted by Crippen LogP contribution is -2.22. The third-order valence-electron chi connectivity index (χ3n) is 4.86. The maximum absolute atomic E-state index is 6.28. The van der Waals surface area contributed by atoms with Crippen LogP contribution in [0.3, 0.4) is 0 Å². The first-order chi connectivity index (χ1) is 11.6. The van der Waals surface area contributed by atoms with Crippen molar-refractivity contribution in [1.29, 1.82) is 0 Å². The van der Waals surface area contributed by atoms with Crippen LogP contribution in [0.2, 0.25) is 5.02 Å². The molecule has 4 rings (SSSR count). The van der Waals surface area contributed by atoms with E-state index in [1.165, 1.54) is 5.56 Å². The number of aryl methyl sites for hydroxylation is 1. The number of nitrogens with zero attached hydrogens (tertiary/aromatic N) is 4. The molecular formula is C17H21ClN4O2. The summed E-state index contributed by atoms with van der Waals surface area (Å²) in [6.45, 7) is 3.29. The summed E-state index contributed by atoms with van der Waals surface area (Å²) in [4.78, 5) is 2.38. The standard InChI is InChI=1S/C17H21ClN4O2/c1-21-9-15(19-20-21)14-8-22(10-16(14)23-2)7-12-6-13(18)5-11-3-4-24-17(11)12/h5-6,9,14,16H,3-4,7-8,10H2,1-2H3/t14-,16+/m0/s1. The Kier molecular flexibility index (Phi) is 4.20. The molecule has 0 unspecified atom stereocenters. The fourth-order valence-corrected chi connectivity index (χ4v) is 4.01. The number of aromatic nitrogens is 3. The van der Waals surface area contributed by atoms with E-state index in [1.807, 2.05) is 25.4 Å². The smallest absolute Gasteiger partial charge is 0.127 e. The van der Waals surface area contributed by atoms with Crippen molar-refractivity contribution in [3.63, 3.8) is 0 Å². The first-order valence-corrected chi connectivity index (χ1v) is 8.57. The van der Waals surface area contributed by atoms with E-state index < -0.39 is 0 Å². The van der Waals surface area contributed by atoms with E-state index in [2.05, 4.69) is 15.2 Å². The molecule has 3 heterocycles. The van der Waals surface area contributed by atoms with E-state index >= 15 is 0 Å². The molecular weight excluding hydrogens is 328 g/mol. The van der Waals surface area contributed by atoms with Crippen molar-refractivity contribution in [3.8, 4) is 5.75 Å². The lowest BCUT2D eigenvalue weighted by molar-refractivity contribution is 0.0956. The predicted molar refractivity (Wildman–Crippen MR) is 90.5 cm³/mol. The second kappa shape index (κ2) is 6.35. The maximum Gasteiger partial charge on any atom is 0.127 e. The molecule has 0 spiro atoms. The van der Waals surface area contributed by atoms with Gasteiger partial charge in [0.25, 0.3) is 0 Å². The molecule has 0 aliphatic carbocycles. The van der Waals surface area contributed by atoms with Gasteiger partial charge in [0.2, 0.25) is 0 Å². The quantitative estimate of drug-likeness (QED) is 0.846. The van der Waals surface area contributed by atoms with Gasteiger partial charge in [0.1, 0.15) is 5.75 Å². The van der Waals surface area contributed by atoms with Gasteiger partial charge in [-0.2, -0.15) is 0 Å². The molecule has 2 aliphatic rings. The summed E-state index contributed by atoms with van der Waals surface area (Å²) in [5, 5.41) is 9.10. The Balaban J connectivity index is 1.54. The Morgan fingerprint density at radius 3 is 3.00 bits per heavy atom. The van der Waals surface area contributed by atoms with Gasteiger partial charge in [0, 0.05) is 62.9 Å². The molecule has 1 aromatic heterocycles. The Morgan fingerprint density at radius 2 is 2.25 bits per heavy atom. The summed E-state index contributed by atoms with van der Waals surface area (Å²) in [5.74, 6) is 1.24. The van der Waals surface area contributed by atoms with Crippen LogP contribution in [0.1, 0.15) is 22.7 Å². The van der Waals surface area contributed by atoms with Crippen LogP contribution in [-0.2, 0) is 24.8 Å². The van der Waals surface area contributed by atoms with Crippen molar-refractivity contribution in [2.45, 2.75) is 25.0 Å². The molecule has 1 saturated heterocycles. The summed E-state index contributed by atoms with van der Waals surface area (Å²) in [6, 6.07) is 4.03. The van der Waals surface area contributed by atoms with Gasteiger partial charge in [-0.25, -0.2) is 0 Å². The zero-order valence-corrected chi connectivity index (χ0v) is 14.7. The van der Waals surface area contributed by atoms with E-state index in [0.29, 0.717) is 0 Å². The minimum absolute atomic E-state index is 0.120. The van der Waals surface area contributed by atoms with Crippen LogP contribution in [0.25, 0.3) is 0 Å². The molecule has 2 aromatic rings. The van der Waals surface area contributed by atoms with Crippen molar-refractivity contribution in [2.24, 2.45) is 7.05 Å². The van der Waals surface area contributed by atoms with E-state index in [1.54, 1.807) is 11.8 Å². The highest BCUT2D eigenvalue weighted by molar-refractivity contribution is 6.30. The van der Waals surface area contributed by atoms with Gasteiger partial charge < -0.3 is 9.47 Å². The molecule has 0 N–H and O–H groups in total. The SMILES string of the molecule is CO[C@@H]1CN(Cc2cc(Cl)cc3c2OCC3)C[C@H]1c1cn(C)nn1. The fraction of sp³-hybridized carbons (Fsp3) is 0.529. The molecule has 2 atom stereocenters. The molecule has 0 saturated carbocycles. The summed E-state index contributed by atoms with van der Waals surface area (Å²) < 4.78 is 13.3. The minimum atomic E-state index is 0.120. The lowest BCUT2D eigenvalue weighted by atomic mass is 10.0. The third kappa shape index (κ3) is 2.90. The van der Waals surface area contributed by atoms with Crippen molar-refractivity contribution in [1.82, 2.24) is 19.9 Å². The number of halogens is 1. The van der Waals surface area contributed by atoms with Gasteiger partial charge in [-0.05, 0) is 17.7 Å². The zero-order chi connectivity index (χ0) is 16.7. The van der Waals surface area contributed by atoms with Crippen LogP contribution in [0.4, 0.5) is 0 Å². The Labute approximate surface area is 146 Å². The topological polar surface area (TPSA) is 52.4 Å². The number of rotatable bonds is 4. The number of methoxy groups -OCH3 is 1. The van der Waals surface area contributed by atoms with Gasteiger partial charge >= 0.3 is 0 Å². The minimum Gasteiger partial charge on any atom is -0.493 e. The van der Waals surface area contributed by atoms with Gasteiger partial charge in [0.15, 0.2) is 0 Å². The number of hydrogen-bond donors (Lipinski definition) is 0. The molecule has 24 heavy (non-hydrogen) atoms. The molecule has 7 heteroatoms. The molecule has 0 amide bonds. The predicted octanol–water partition coefficient (Wildman–Crippen LogP) is 2.02. The first-order valence-electron chi connectivity index (χ1n) is 8.19. The molecule has 128 valence electrons. The molecule has 2 aliphatic heterocycles. The van der Waals surface area contributed by atoms with Crippen molar-refractivity contribution in [3.05, 3.63) is 40.2 Å². The highest BCUT2D eigenvalue weighted by Crippen LogP contribution is 2.35. The summed E-state index contributed by atoms with van der Waals surface area (Å²) in [5.41, 5.74) is 3.36. The van der Waals surface area contributed by atoms with Crippen LogP contribution in [0.5, 0.6) is 5.75 Å². The largest absolute Gasteiger partial charge is 0.493 e. The van der Waals surface area contributed by atoms with Crippen LogP contribution < -0.4 is 4.74 Å². The summed E-state index contributed by atoms with van der Waals surface area (Å²) in [7, 11) is 3.65. The molecule has 0 bridgehead atoms. The lowest BCUT2D eigenvalue weighted by Gasteiger charge is -2.17. The highest BCUT2D eigenvalue weighted by Gasteiger charge is 2.36. The van der Waals surface area contributed by atoms with E-state index in [4.69, 9.17) is 21.1 Å². The number of fused-ring (bicyclic) bond motifs is 1. The van der Waals surface area contributed by atoms with Gasteiger partial charge in [-0.15, -0.1) is 5.10 Å². The third-order valence-corrected chi connectivity index (χ3v) is 5.08. The normalized spacial score (nSPS) is 23.5. The number of hydrogen-bond acceptors (Lipinski definition) is 5. The van der Waals surface area contributed by atoms with E-state index in [0.717, 1.165) is 54.7 Å². The summed E-state index contributed by atoms with van der Waals surface area (Å²) in [6.07, 6.45) is 3.03. The first kappa shape index (κ1) is 15.9. The molecule has 1 fully saturated rings. The number of likely N-dealkylation sites (tertiary alicyclic amines) is 1. The average molecular weight is 349 g/mol. The van der Waals surface area contributed by atoms with Crippen LogP contribution in [0, 0.1) is 0 Å². The Bertz CT molecular complexity index is 748. The van der Waals surface area contributed by atoms with Crippen molar-refractivity contribution < 1.29 is 9.47 Å². The monoisotopic (exact) mass is 348 g/mol. The van der Waals surface area contributed by atoms with Crippen molar-refractivity contribution >= 4 is 11.6 Å². The second-order valence-electron chi connectivity index (χ2n) is 6.54. The zero-order valence-electron chi connectivity index (χ0n) is 13.9. The van der Waals surface area contributed by atoms with E-state index in [9.17, 15) is 0 Å². The summed E-state index contributed by atoms with van der Waals surface area (Å²) >= 11 is 6.28. The molecule has 6 nitrogen and oxygen atoms in total. The van der Waals surface area contributed by atoms with Crippen LogP contribution in [-0.4, -0.2) is 52.8 Å². The highest BCUT2D eigenvalue weighted by atomic mass is 35.5. The van der Waals surface area contributed by atoms with Crippen LogP contribution >= 0.6 is 11.6 Å². The molecule has 0 radical (unpaired) electrons. The van der Waals surface area contributed by atoms with Crippen molar-refractivity contribution in [2.75, 3.05) is 26.8 Å². The van der Waals surface area contributed by atoms with Gasteiger partial charge in [-0.1, -0.05) is 16.8 Å². The number of benzene rings is 1. The number of ether oxygens (including phenoxy) is 2. The molecule has 1 aromatic carbocycles. The van der Waals surface area contributed by atoms with E-state index in [-0.39, 0.29) is 12.0 Å².